The number of aromatic nitrogens is 2. The van der Waals surface area contributed by atoms with E-state index in [2.05, 4.69) is 59.1 Å². The highest BCUT2D eigenvalue weighted by atomic mass is 16.5. The monoisotopic (exact) mass is 651 g/mol. The second-order valence-electron chi connectivity index (χ2n) is 14.4. The van der Waals surface area contributed by atoms with E-state index >= 15 is 0 Å². The van der Waals surface area contributed by atoms with Gasteiger partial charge >= 0.3 is 0 Å². The van der Waals surface area contributed by atoms with Crippen molar-refractivity contribution in [1.29, 1.82) is 0 Å². The van der Waals surface area contributed by atoms with Crippen LogP contribution in [-0.2, 0) is 5.41 Å². The van der Waals surface area contributed by atoms with Crippen LogP contribution in [0.25, 0.3) is 0 Å². The first-order valence-corrected chi connectivity index (χ1v) is 18.2. The van der Waals surface area contributed by atoms with Gasteiger partial charge in [0.05, 0.1) is 18.8 Å². The maximum absolute atomic E-state index is 11.5. The van der Waals surface area contributed by atoms with Crippen LogP contribution in [0.1, 0.15) is 113 Å². The maximum Gasteiger partial charge on any atom is 0.161 e. The van der Waals surface area contributed by atoms with Crippen molar-refractivity contribution in [1.82, 2.24) is 9.97 Å². The Morgan fingerprint density at radius 2 is 1.83 bits per heavy atom. The van der Waals surface area contributed by atoms with Crippen molar-refractivity contribution in [2.45, 2.75) is 113 Å². The molecule has 3 aliphatic carbocycles. The Morgan fingerprint density at radius 3 is 2.60 bits per heavy atom. The van der Waals surface area contributed by atoms with Gasteiger partial charge in [-0.3, -0.25) is 0 Å². The van der Waals surface area contributed by atoms with Crippen molar-refractivity contribution in [3.63, 3.8) is 0 Å². The average Bonchev–Trinajstić information content (AvgIpc) is 3.59. The molecule has 0 aliphatic heterocycles. The van der Waals surface area contributed by atoms with E-state index < -0.39 is 12.2 Å². The summed E-state index contributed by atoms with van der Waals surface area (Å²) in [5, 5.41) is 33.6. The first kappa shape index (κ1) is 34.1. The summed E-state index contributed by atoms with van der Waals surface area (Å²) >= 11 is 0. The van der Waals surface area contributed by atoms with E-state index in [1.807, 2.05) is 24.4 Å². The number of nitrogens with zero attached hydrogens (tertiary/aromatic N) is 1. The molecule has 0 unspecified atom stereocenters. The predicted molar refractivity (Wildman–Crippen MR) is 191 cm³/mol. The van der Waals surface area contributed by atoms with Crippen LogP contribution in [0.4, 0.5) is 5.82 Å². The molecule has 3 aliphatic rings. The Hall–Kier alpha value is -3.73. The highest BCUT2D eigenvalue weighted by Crippen LogP contribution is 2.50. The fourth-order valence-corrected chi connectivity index (χ4v) is 8.77. The van der Waals surface area contributed by atoms with Gasteiger partial charge in [0, 0.05) is 47.2 Å². The minimum absolute atomic E-state index is 0.0682. The highest BCUT2D eigenvalue weighted by Gasteiger charge is 2.43. The number of phenols is 1. The van der Waals surface area contributed by atoms with Crippen LogP contribution >= 0.6 is 0 Å². The molecule has 0 radical (unpaired) electrons. The van der Waals surface area contributed by atoms with Crippen LogP contribution in [0.2, 0.25) is 0 Å². The van der Waals surface area contributed by atoms with Crippen LogP contribution in [-0.4, -0.2) is 44.1 Å². The maximum atomic E-state index is 11.5. The summed E-state index contributed by atoms with van der Waals surface area (Å²) in [5.74, 6) is 7.85. The van der Waals surface area contributed by atoms with E-state index in [0.717, 1.165) is 56.1 Å². The number of aliphatic hydroxyl groups excluding tert-OH is 2. The molecule has 7 nitrogen and oxygen atoms in total. The predicted octanol–water partition coefficient (Wildman–Crippen LogP) is 7.75. The molecule has 0 bridgehead atoms. The third-order valence-corrected chi connectivity index (χ3v) is 11.4. The number of pyridine rings is 1. The molecule has 1 aromatic carbocycles. The molecule has 1 fully saturated rings. The van der Waals surface area contributed by atoms with Crippen LogP contribution in [0.15, 0.2) is 67.0 Å². The summed E-state index contributed by atoms with van der Waals surface area (Å²) in [6, 6.07) is 13.9. The number of hydrogen-bond donors (Lipinski definition) is 5. The molecule has 0 spiro atoms. The van der Waals surface area contributed by atoms with Crippen molar-refractivity contribution in [2.75, 3.05) is 12.3 Å². The Balaban J connectivity index is 1.22. The first-order chi connectivity index (χ1) is 23.4. The molecule has 48 heavy (non-hydrogen) atoms. The molecule has 2 heterocycles. The Morgan fingerprint density at radius 1 is 1.00 bits per heavy atom. The molecule has 1 saturated carbocycles. The second kappa shape index (κ2) is 15.7. The van der Waals surface area contributed by atoms with Gasteiger partial charge in [0.15, 0.2) is 11.5 Å². The molecule has 6 N–H and O–H groups in total. The number of nitrogen functional groups attached to an aromatic ring is 1. The standard InChI is InChI=1S/C41H53N3O4/c1-2-28-9-4-5-10-35(46)40-29(13-12-28)14-15-30(25-36(40)47)31-16-17-34(45)37(26-31)48-24-19-33(32-18-23-44-39(42)27-32)41(20-6-3-7-21-41)38-11-8-22-43-38/h8,11,14-18,22-23,26-30,33,35-36,40,43,45-47H,2-7,9-10,19-21,24-25H2,1H3,(H2,42,44)/t28-,29+,30+,33+,35-,36+,40+/m0/s1. The van der Waals surface area contributed by atoms with E-state index in [1.165, 1.54) is 25.0 Å². The second-order valence-corrected chi connectivity index (χ2v) is 14.4. The number of nitrogens with two attached hydrogens (primary N) is 1. The fourth-order valence-electron chi connectivity index (χ4n) is 8.77. The topological polar surface area (TPSA) is 125 Å². The lowest BCUT2D eigenvalue weighted by Crippen LogP contribution is -2.37. The lowest BCUT2D eigenvalue weighted by molar-refractivity contribution is -0.00705. The van der Waals surface area contributed by atoms with Crippen molar-refractivity contribution < 1.29 is 20.1 Å². The summed E-state index contributed by atoms with van der Waals surface area (Å²) in [4.78, 5) is 7.81. The summed E-state index contributed by atoms with van der Waals surface area (Å²) in [7, 11) is 0. The Labute approximate surface area is 286 Å². The summed E-state index contributed by atoms with van der Waals surface area (Å²) in [5.41, 5.74) is 9.50. The third kappa shape index (κ3) is 7.61. The molecule has 3 aromatic rings. The van der Waals surface area contributed by atoms with Crippen molar-refractivity contribution in [2.24, 2.45) is 17.8 Å². The number of phenolic OH excluding ortho intramolecular Hbond substituents is 1. The highest BCUT2D eigenvalue weighted by molar-refractivity contribution is 5.44. The zero-order chi connectivity index (χ0) is 33.5. The fraction of sp³-hybridized carbons (Fsp3) is 0.537. The van der Waals surface area contributed by atoms with Crippen LogP contribution in [0, 0.1) is 29.6 Å². The number of H-pyrrole nitrogens is 1. The molecular weight excluding hydrogens is 598 g/mol. The Bertz CT molecular complexity index is 1570. The summed E-state index contributed by atoms with van der Waals surface area (Å²) < 4.78 is 6.40. The molecule has 7 heteroatoms. The largest absolute Gasteiger partial charge is 0.504 e. The molecule has 6 rings (SSSR count). The van der Waals surface area contributed by atoms with E-state index in [-0.39, 0.29) is 34.8 Å². The van der Waals surface area contributed by atoms with E-state index in [9.17, 15) is 15.3 Å². The van der Waals surface area contributed by atoms with Crippen molar-refractivity contribution in [3.8, 4) is 23.3 Å². The lowest BCUT2D eigenvalue weighted by Gasteiger charge is -2.44. The van der Waals surface area contributed by atoms with Gasteiger partial charge in [-0.15, -0.1) is 0 Å². The van der Waals surface area contributed by atoms with Gasteiger partial charge in [0.1, 0.15) is 5.82 Å². The van der Waals surface area contributed by atoms with Gasteiger partial charge in [-0.25, -0.2) is 4.98 Å². The molecular formula is C41H53N3O4. The molecule has 256 valence electrons. The minimum Gasteiger partial charge on any atom is -0.504 e. The first-order valence-electron chi connectivity index (χ1n) is 18.2. The van der Waals surface area contributed by atoms with E-state index in [0.29, 0.717) is 36.9 Å². The molecule has 7 atom stereocenters. The van der Waals surface area contributed by atoms with Gasteiger partial charge in [0.2, 0.25) is 0 Å². The zero-order valence-electron chi connectivity index (χ0n) is 28.4. The minimum atomic E-state index is -0.704. The average molecular weight is 652 g/mol. The zero-order valence-corrected chi connectivity index (χ0v) is 28.4. The van der Waals surface area contributed by atoms with E-state index in [1.54, 1.807) is 12.3 Å². The van der Waals surface area contributed by atoms with Gasteiger partial charge < -0.3 is 30.8 Å². The SMILES string of the molecule is CC[C@@H]1C#C[C@@H]2C=C[C@@H](c3ccc(O)c(OCC[C@H](c4ccnc(N)c4)C4(c5ccc[nH]5)CCCCC4)c3)C[C@@H](O)[C@H]2[C@@H](O)CCCC1. The van der Waals surface area contributed by atoms with Crippen LogP contribution in [0.3, 0.4) is 0 Å². The van der Waals surface area contributed by atoms with Crippen LogP contribution < -0.4 is 10.5 Å². The number of aliphatic hydroxyl groups is 2. The number of allylic oxidation sites excluding steroid dienone is 2. The molecule has 0 saturated heterocycles. The number of aromatic hydroxyl groups is 1. The number of ether oxygens (including phenoxy) is 1. The summed E-state index contributed by atoms with van der Waals surface area (Å²) in [6.07, 6.45) is 18.5. The number of fused-ring (bicyclic) bond motifs is 1. The number of hydrogen-bond acceptors (Lipinski definition) is 6. The smallest absolute Gasteiger partial charge is 0.161 e. The molecule has 0 amide bonds. The van der Waals surface area contributed by atoms with Gasteiger partial charge in [-0.05, 0) is 98.4 Å². The number of rotatable bonds is 9. The third-order valence-electron chi connectivity index (χ3n) is 11.4. The summed E-state index contributed by atoms with van der Waals surface area (Å²) in [6.45, 7) is 2.60. The molecule has 2 aromatic heterocycles. The van der Waals surface area contributed by atoms with E-state index in [4.69, 9.17) is 10.5 Å². The normalized spacial score (nSPS) is 27.9. The Kier molecular flexibility index (Phi) is 11.1. The quantitative estimate of drug-likeness (QED) is 0.119. The van der Waals surface area contributed by atoms with Gasteiger partial charge in [0.25, 0.3) is 0 Å². The van der Waals surface area contributed by atoms with Crippen molar-refractivity contribution in [3.05, 3.63) is 83.8 Å². The number of anilines is 1. The number of aromatic amines is 1. The van der Waals surface area contributed by atoms with Gasteiger partial charge in [-0.1, -0.05) is 69.1 Å². The number of benzene rings is 1. The van der Waals surface area contributed by atoms with Crippen LogP contribution in [0.5, 0.6) is 11.5 Å². The van der Waals surface area contributed by atoms with Crippen molar-refractivity contribution >= 4 is 5.82 Å². The van der Waals surface area contributed by atoms with Gasteiger partial charge in [-0.2, -0.15) is 0 Å². The lowest BCUT2D eigenvalue weighted by atomic mass is 9.61. The number of nitrogens with one attached hydrogen (secondary N) is 1.